The summed E-state index contributed by atoms with van der Waals surface area (Å²) in [4.78, 5) is 0. The second kappa shape index (κ2) is 4.90. The van der Waals surface area contributed by atoms with Gasteiger partial charge in [0, 0.05) is 0 Å². The van der Waals surface area contributed by atoms with Gasteiger partial charge in [0.1, 0.15) is 5.75 Å². The quantitative estimate of drug-likeness (QED) is 0.749. The molecule has 1 atom stereocenters. The number of hydrogen-bond acceptors (Lipinski definition) is 1. The van der Waals surface area contributed by atoms with Gasteiger partial charge in [0.15, 0.2) is 0 Å². The fourth-order valence-corrected chi connectivity index (χ4v) is 1.68. The first-order valence-corrected chi connectivity index (χ1v) is 5.00. The minimum Gasteiger partial charge on any atom is -0.508 e. The van der Waals surface area contributed by atoms with E-state index < -0.39 is 0 Å². The smallest absolute Gasteiger partial charge is 0.115 e. The van der Waals surface area contributed by atoms with Crippen LogP contribution in [0.1, 0.15) is 32.3 Å². The normalized spacial score (nSPS) is 12.8. The summed E-state index contributed by atoms with van der Waals surface area (Å²) in [5.41, 5.74) is 1.24. The summed E-state index contributed by atoms with van der Waals surface area (Å²) in [6, 6.07) is 7.55. The van der Waals surface area contributed by atoms with Crippen LogP contribution in [-0.2, 0) is 6.42 Å². The highest BCUT2D eigenvalue weighted by atomic mass is 16.3. The summed E-state index contributed by atoms with van der Waals surface area (Å²) in [6.45, 7) is 4.46. The van der Waals surface area contributed by atoms with Gasteiger partial charge in [-0.05, 0) is 30.0 Å². The average molecular weight is 178 g/mol. The molecule has 0 spiro atoms. The van der Waals surface area contributed by atoms with E-state index in [9.17, 15) is 5.11 Å². The Morgan fingerprint density at radius 3 is 2.77 bits per heavy atom. The molecule has 1 N–H and O–H groups in total. The number of aromatic hydroxyl groups is 1. The summed E-state index contributed by atoms with van der Waals surface area (Å²) >= 11 is 0. The number of benzene rings is 1. The average Bonchev–Trinajstić information content (AvgIpc) is 2.04. The number of phenolic OH excluding ortho intramolecular Hbond substituents is 1. The second-order valence-corrected chi connectivity index (χ2v) is 3.77. The van der Waals surface area contributed by atoms with Crippen molar-refractivity contribution in [2.24, 2.45) is 5.92 Å². The Kier molecular flexibility index (Phi) is 3.81. The molecule has 13 heavy (non-hydrogen) atoms. The van der Waals surface area contributed by atoms with Gasteiger partial charge in [-0.15, -0.1) is 0 Å². The van der Waals surface area contributed by atoms with Crippen LogP contribution in [0.5, 0.6) is 5.75 Å². The van der Waals surface area contributed by atoms with E-state index in [0.717, 1.165) is 6.42 Å². The maximum atomic E-state index is 9.26. The standard InChI is InChI=1S/C12H18O/c1-3-5-10(2)8-11-6-4-7-12(13)9-11/h4,6-7,9-10,13H,3,5,8H2,1-2H3. The van der Waals surface area contributed by atoms with Crippen LogP contribution < -0.4 is 0 Å². The zero-order chi connectivity index (χ0) is 9.68. The molecule has 0 aliphatic rings. The molecule has 0 heterocycles. The zero-order valence-electron chi connectivity index (χ0n) is 8.46. The Balaban J connectivity index is 2.53. The van der Waals surface area contributed by atoms with E-state index in [-0.39, 0.29) is 0 Å². The maximum Gasteiger partial charge on any atom is 0.115 e. The van der Waals surface area contributed by atoms with E-state index in [1.54, 1.807) is 6.07 Å². The van der Waals surface area contributed by atoms with Gasteiger partial charge < -0.3 is 5.11 Å². The van der Waals surface area contributed by atoms with Crippen LogP contribution in [0.3, 0.4) is 0 Å². The topological polar surface area (TPSA) is 20.2 Å². The van der Waals surface area contributed by atoms with E-state index in [4.69, 9.17) is 0 Å². The van der Waals surface area contributed by atoms with Crippen molar-refractivity contribution in [1.82, 2.24) is 0 Å². The van der Waals surface area contributed by atoms with E-state index in [1.807, 2.05) is 12.1 Å². The van der Waals surface area contributed by atoms with E-state index in [1.165, 1.54) is 18.4 Å². The van der Waals surface area contributed by atoms with Crippen LogP contribution in [0.15, 0.2) is 24.3 Å². The lowest BCUT2D eigenvalue weighted by molar-refractivity contribution is 0.472. The molecule has 1 aromatic carbocycles. The second-order valence-electron chi connectivity index (χ2n) is 3.77. The number of phenols is 1. The molecule has 1 nitrogen and oxygen atoms in total. The summed E-state index contributed by atoms with van der Waals surface area (Å²) < 4.78 is 0. The lowest BCUT2D eigenvalue weighted by Crippen LogP contribution is -1.98. The predicted molar refractivity (Wildman–Crippen MR) is 55.9 cm³/mol. The van der Waals surface area contributed by atoms with Gasteiger partial charge in [-0.2, -0.15) is 0 Å². The summed E-state index contributed by atoms with van der Waals surface area (Å²) in [5.74, 6) is 1.09. The molecular weight excluding hydrogens is 160 g/mol. The van der Waals surface area contributed by atoms with E-state index >= 15 is 0 Å². The molecule has 1 aromatic rings. The Labute approximate surface area is 80.4 Å². The van der Waals surface area contributed by atoms with Crippen molar-refractivity contribution in [2.75, 3.05) is 0 Å². The highest BCUT2D eigenvalue weighted by molar-refractivity contribution is 5.27. The third-order valence-corrected chi connectivity index (χ3v) is 2.28. The summed E-state index contributed by atoms with van der Waals surface area (Å²) in [7, 11) is 0. The van der Waals surface area contributed by atoms with Gasteiger partial charge in [0.25, 0.3) is 0 Å². The number of rotatable bonds is 4. The Morgan fingerprint density at radius 2 is 2.15 bits per heavy atom. The van der Waals surface area contributed by atoms with Gasteiger partial charge in [-0.3, -0.25) is 0 Å². The van der Waals surface area contributed by atoms with E-state index in [2.05, 4.69) is 19.9 Å². The van der Waals surface area contributed by atoms with Crippen molar-refractivity contribution < 1.29 is 5.11 Å². The maximum absolute atomic E-state index is 9.26. The molecule has 1 rings (SSSR count). The van der Waals surface area contributed by atoms with E-state index in [0.29, 0.717) is 11.7 Å². The molecule has 0 aliphatic heterocycles. The molecule has 0 fully saturated rings. The Bertz CT molecular complexity index is 255. The highest BCUT2D eigenvalue weighted by Crippen LogP contribution is 2.17. The molecule has 0 saturated carbocycles. The van der Waals surface area contributed by atoms with Gasteiger partial charge in [-0.25, -0.2) is 0 Å². The Morgan fingerprint density at radius 1 is 1.38 bits per heavy atom. The number of hydrogen-bond donors (Lipinski definition) is 1. The van der Waals surface area contributed by atoms with Crippen LogP contribution in [0.2, 0.25) is 0 Å². The van der Waals surface area contributed by atoms with Gasteiger partial charge in [0.05, 0.1) is 0 Å². The molecule has 0 amide bonds. The molecule has 0 aliphatic carbocycles. The third kappa shape index (κ3) is 3.49. The largest absolute Gasteiger partial charge is 0.508 e. The van der Waals surface area contributed by atoms with Crippen molar-refractivity contribution in [3.8, 4) is 5.75 Å². The first-order valence-electron chi connectivity index (χ1n) is 5.00. The van der Waals surface area contributed by atoms with Gasteiger partial charge in [0.2, 0.25) is 0 Å². The monoisotopic (exact) mass is 178 g/mol. The van der Waals surface area contributed by atoms with Crippen molar-refractivity contribution in [2.45, 2.75) is 33.1 Å². The molecule has 72 valence electrons. The van der Waals surface area contributed by atoms with Crippen LogP contribution >= 0.6 is 0 Å². The van der Waals surface area contributed by atoms with Crippen LogP contribution in [0.4, 0.5) is 0 Å². The van der Waals surface area contributed by atoms with Crippen molar-refractivity contribution in [3.63, 3.8) is 0 Å². The molecule has 1 unspecified atom stereocenters. The fourth-order valence-electron chi connectivity index (χ4n) is 1.68. The molecule has 0 saturated heterocycles. The SMILES string of the molecule is CCCC(C)Cc1cccc(O)c1. The zero-order valence-corrected chi connectivity index (χ0v) is 8.46. The van der Waals surface area contributed by atoms with Gasteiger partial charge in [-0.1, -0.05) is 38.8 Å². The predicted octanol–water partition coefficient (Wildman–Crippen LogP) is 3.37. The highest BCUT2D eigenvalue weighted by Gasteiger charge is 2.02. The molecule has 1 heteroatoms. The van der Waals surface area contributed by atoms with Crippen molar-refractivity contribution >= 4 is 0 Å². The molecule has 0 aromatic heterocycles. The van der Waals surface area contributed by atoms with Crippen molar-refractivity contribution in [1.29, 1.82) is 0 Å². The Hall–Kier alpha value is -0.980. The minimum absolute atomic E-state index is 0.376. The van der Waals surface area contributed by atoms with Crippen LogP contribution in [-0.4, -0.2) is 5.11 Å². The third-order valence-electron chi connectivity index (χ3n) is 2.28. The molecule has 0 bridgehead atoms. The lowest BCUT2D eigenvalue weighted by atomic mass is 9.97. The van der Waals surface area contributed by atoms with Crippen molar-refractivity contribution in [3.05, 3.63) is 29.8 Å². The summed E-state index contributed by atoms with van der Waals surface area (Å²) in [6.07, 6.45) is 3.57. The first kappa shape index (κ1) is 10.1. The molecule has 0 radical (unpaired) electrons. The summed E-state index contributed by atoms with van der Waals surface area (Å²) in [5, 5.41) is 9.26. The first-order chi connectivity index (χ1) is 6.22. The lowest BCUT2D eigenvalue weighted by Gasteiger charge is -2.09. The fraction of sp³-hybridized carbons (Fsp3) is 0.500. The van der Waals surface area contributed by atoms with Crippen LogP contribution in [0.25, 0.3) is 0 Å². The minimum atomic E-state index is 0.376. The van der Waals surface area contributed by atoms with Crippen LogP contribution in [0, 0.1) is 5.92 Å². The molecular formula is C12H18O. The van der Waals surface area contributed by atoms with Gasteiger partial charge >= 0.3 is 0 Å².